The van der Waals surface area contributed by atoms with Gasteiger partial charge in [0.25, 0.3) is 0 Å². The number of methoxy groups -OCH3 is 2. The molecule has 1 saturated heterocycles. The van der Waals surface area contributed by atoms with E-state index in [1.807, 2.05) is 6.07 Å². The van der Waals surface area contributed by atoms with Crippen molar-refractivity contribution in [1.29, 1.82) is 0 Å². The summed E-state index contributed by atoms with van der Waals surface area (Å²) in [6.45, 7) is 2.26. The monoisotopic (exact) mass is 304 g/mol. The second-order valence-electron chi connectivity index (χ2n) is 6.79. The van der Waals surface area contributed by atoms with Crippen LogP contribution in [-0.2, 0) is 6.42 Å². The van der Waals surface area contributed by atoms with E-state index in [1.165, 1.54) is 31.4 Å². The summed E-state index contributed by atoms with van der Waals surface area (Å²) in [5.74, 6) is 2.25. The highest BCUT2D eigenvalue weighted by atomic mass is 16.5. The number of piperidine rings is 1. The molecule has 0 amide bonds. The number of benzene rings is 1. The first-order valence-corrected chi connectivity index (χ1v) is 8.40. The third-order valence-electron chi connectivity index (χ3n) is 5.16. The van der Waals surface area contributed by atoms with E-state index < -0.39 is 0 Å². The van der Waals surface area contributed by atoms with Crippen LogP contribution in [0.1, 0.15) is 31.2 Å². The topological polar surface area (TPSA) is 47.7 Å². The SMILES string of the molecule is COc1ccc(CC2CC(N)CN(C3CCC3)C2)cc1OC. The van der Waals surface area contributed by atoms with Crippen molar-refractivity contribution in [3.05, 3.63) is 23.8 Å². The van der Waals surface area contributed by atoms with Crippen LogP contribution >= 0.6 is 0 Å². The lowest BCUT2D eigenvalue weighted by molar-refractivity contribution is 0.0669. The molecule has 1 aliphatic heterocycles. The van der Waals surface area contributed by atoms with Gasteiger partial charge in [0, 0.05) is 25.2 Å². The molecule has 2 aliphatic rings. The fourth-order valence-electron chi connectivity index (χ4n) is 3.82. The molecule has 22 heavy (non-hydrogen) atoms. The quantitative estimate of drug-likeness (QED) is 0.908. The smallest absolute Gasteiger partial charge is 0.160 e. The van der Waals surface area contributed by atoms with Crippen molar-refractivity contribution in [2.75, 3.05) is 27.3 Å². The third-order valence-corrected chi connectivity index (χ3v) is 5.16. The number of rotatable bonds is 5. The number of likely N-dealkylation sites (tertiary alicyclic amines) is 1. The van der Waals surface area contributed by atoms with Crippen molar-refractivity contribution >= 4 is 0 Å². The molecule has 4 nitrogen and oxygen atoms in total. The van der Waals surface area contributed by atoms with Crippen LogP contribution in [0.2, 0.25) is 0 Å². The molecule has 0 bridgehead atoms. The fourth-order valence-corrected chi connectivity index (χ4v) is 3.82. The zero-order chi connectivity index (χ0) is 15.5. The number of ether oxygens (including phenoxy) is 2. The minimum absolute atomic E-state index is 0.319. The van der Waals surface area contributed by atoms with Gasteiger partial charge in [-0.3, -0.25) is 4.90 Å². The first kappa shape index (κ1) is 15.6. The minimum atomic E-state index is 0.319. The Morgan fingerprint density at radius 1 is 1.14 bits per heavy atom. The summed E-state index contributed by atoms with van der Waals surface area (Å²) in [7, 11) is 3.37. The van der Waals surface area contributed by atoms with Crippen molar-refractivity contribution in [1.82, 2.24) is 4.90 Å². The molecule has 0 aromatic heterocycles. The molecule has 0 radical (unpaired) electrons. The van der Waals surface area contributed by atoms with Gasteiger partial charge in [-0.15, -0.1) is 0 Å². The molecule has 2 N–H and O–H groups in total. The van der Waals surface area contributed by atoms with E-state index in [2.05, 4.69) is 17.0 Å². The van der Waals surface area contributed by atoms with Crippen LogP contribution in [0, 0.1) is 5.92 Å². The zero-order valence-electron chi connectivity index (χ0n) is 13.8. The molecule has 0 spiro atoms. The first-order valence-electron chi connectivity index (χ1n) is 8.40. The first-order chi connectivity index (χ1) is 10.7. The van der Waals surface area contributed by atoms with Crippen LogP contribution in [0.15, 0.2) is 18.2 Å². The van der Waals surface area contributed by atoms with Crippen molar-refractivity contribution in [2.45, 2.75) is 44.2 Å². The maximum Gasteiger partial charge on any atom is 0.160 e. The van der Waals surface area contributed by atoms with Crippen LogP contribution in [0.3, 0.4) is 0 Å². The van der Waals surface area contributed by atoms with Crippen LogP contribution in [0.25, 0.3) is 0 Å². The van der Waals surface area contributed by atoms with Crippen molar-refractivity contribution in [3.63, 3.8) is 0 Å². The minimum Gasteiger partial charge on any atom is -0.493 e. The Bertz CT molecular complexity index is 502. The van der Waals surface area contributed by atoms with Crippen LogP contribution < -0.4 is 15.2 Å². The molecule has 4 heteroatoms. The molecule has 1 heterocycles. The summed E-state index contributed by atoms with van der Waals surface area (Å²) in [5.41, 5.74) is 7.61. The van der Waals surface area contributed by atoms with Crippen LogP contribution in [0.4, 0.5) is 0 Å². The van der Waals surface area contributed by atoms with Crippen molar-refractivity contribution in [2.24, 2.45) is 11.7 Å². The van der Waals surface area contributed by atoms with Gasteiger partial charge in [-0.05, 0) is 49.3 Å². The Labute approximate surface area is 133 Å². The molecule has 122 valence electrons. The normalized spacial score (nSPS) is 26.5. The molecule has 1 saturated carbocycles. The Kier molecular flexibility index (Phi) is 4.89. The highest BCUT2D eigenvalue weighted by molar-refractivity contribution is 5.43. The highest BCUT2D eigenvalue weighted by Crippen LogP contribution is 2.32. The average molecular weight is 304 g/mol. The van der Waals surface area contributed by atoms with Gasteiger partial charge in [0.05, 0.1) is 14.2 Å². The second kappa shape index (κ2) is 6.88. The van der Waals surface area contributed by atoms with Gasteiger partial charge < -0.3 is 15.2 Å². The van der Waals surface area contributed by atoms with E-state index in [4.69, 9.17) is 15.2 Å². The summed E-state index contributed by atoms with van der Waals surface area (Å²) in [5, 5.41) is 0. The van der Waals surface area contributed by atoms with E-state index in [0.29, 0.717) is 12.0 Å². The third kappa shape index (κ3) is 3.39. The molecule has 3 rings (SSSR count). The Morgan fingerprint density at radius 2 is 1.91 bits per heavy atom. The molecule has 2 atom stereocenters. The highest BCUT2D eigenvalue weighted by Gasteiger charge is 2.32. The molecular formula is C18H28N2O2. The van der Waals surface area contributed by atoms with E-state index in [1.54, 1.807) is 14.2 Å². The van der Waals surface area contributed by atoms with Gasteiger partial charge in [-0.1, -0.05) is 12.5 Å². The van der Waals surface area contributed by atoms with E-state index >= 15 is 0 Å². The van der Waals surface area contributed by atoms with Gasteiger partial charge in [0.15, 0.2) is 11.5 Å². The predicted octanol–water partition coefficient (Wildman–Crippen LogP) is 2.45. The van der Waals surface area contributed by atoms with Gasteiger partial charge in [-0.25, -0.2) is 0 Å². The zero-order valence-corrected chi connectivity index (χ0v) is 13.8. The van der Waals surface area contributed by atoms with Gasteiger partial charge in [-0.2, -0.15) is 0 Å². The lowest BCUT2D eigenvalue weighted by Crippen LogP contribution is -2.53. The predicted molar refractivity (Wildman–Crippen MR) is 88.5 cm³/mol. The number of hydrogen-bond donors (Lipinski definition) is 1. The van der Waals surface area contributed by atoms with E-state index in [9.17, 15) is 0 Å². The molecule has 2 fully saturated rings. The molecule has 2 unspecified atom stereocenters. The Morgan fingerprint density at radius 3 is 2.55 bits per heavy atom. The van der Waals surface area contributed by atoms with Gasteiger partial charge >= 0.3 is 0 Å². The Balaban J connectivity index is 1.66. The molecule has 1 aromatic rings. The van der Waals surface area contributed by atoms with Gasteiger partial charge in [0.2, 0.25) is 0 Å². The van der Waals surface area contributed by atoms with E-state index in [0.717, 1.165) is 36.9 Å². The van der Waals surface area contributed by atoms with Crippen LogP contribution in [0.5, 0.6) is 11.5 Å². The molecule has 1 aliphatic carbocycles. The molecular weight excluding hydrogens is 276 g/mol. The maximum atomic E-state index is 6.30. The van der Waals surface area contributed by atoms with Crippen molar-refractivity contribution in [3.8, 4) is 11.5 Å². The average Bonchev–Trinajstić information content (AvgIpc) is 2.44. The van der Waals surface area contributed by atoms with Gasteiger partial charge in [0.1, 0.15) is 0 Å². The van der Waals surface area contributed by atoms with Crippen molar-refractivity contribution < 1.29 is 9.47 Å². The number of hydrogen-bond acceptors (Lipinski definition) is 4. The standard InChI is InChI=1S/C18H28N2O2/c1-21-17-7-6-13(10-18(17)22-2)8-14-9-15(19)12-20(11-14)16-4-3-5-16/h6-7,10,14-16H,3-5,8-9,11-12,19H2,1-2H3. The molecule has 1 aromatic carbocycles. The maximum absolute atomic E-state index is 6.30. The van der Waals surface area contributed by atoms with E-state index in [-0.39, 0.29) is 0 Å². The largest absolute Gasteiger partial charge is 0.493 e. The summed E-state index contributed by atoms with van der Waals surface area (Å²) in [6, 6.07) is 7.36. The lowest BCUT2D eigenvalue weighted by Gasteiger charge is -2.44. The summed E-state index contributed by atoms with van der Waals surface area (Å²) in [6.07, 6.45) is 6.29. The van der Waals surface area contributed by atoms with Crippen LogP contribution in [-0.4, -0.2) is 44.3 Å². The Hall–Kier alpha value is -1.26. The lowest BCUT2D eigenvalue weighted by atomic mass is 9.84. The summed E-state index contributed by atoms with van der Waals surface area (Å²) < 4.78 is 10.7. The summed E-state index contributed by atoms with van der Waals surface area (Å²) >= 11 is 0. The summed E-state index contributed by atoms with van der Waals surface area (Å²) in [4.78, 5) is 2.63. The fraction of sp³-hybridized carbons (Fsp3) is 0.667. The number of nitrogens with zero attached hydrogens (tertiary/aromatic N) is 1. The second-order valence-corrected chi connectivity index (χ2v) is 6.79. The number of nitrogens with two attached hydrogens (primary N) is 1.